The van der Waals surface area contributed by atoms with Crippen LogP contribution in [0.25, 0.3) is 0 Å². The normalized spacial score (nSPS) is 31.7. The first kappa shape index (κ1) is 28.4. The van der Waals surface area contributed by atoms with Crippen LogP contribution in [0.1, 0.15) is 0 Å². The molecule has 180 valence electrons. The van der Waals surface area contributed by atoms with Gasteiger partial charge in [0.25, 0.3) is 0 Å². The molecule has 1 fully saturated rings. The van der Waals surface area contributed by atoms with Crippen LogP contribution in [0.4, 0.5) is 0 Å². The Morgan fingerprint density at radius 1 is 0.500 bits per heavy atom. The molecule has 0 saturated heterocycles. The minimum atomic E-state index is -5.59. The summed E-state index contributed by atoms with van der Waals surface area (Å²) in [5, 5.41) is 9.11. The van der Waals surface area contributed by atoms with Gasteiger partial charge >= 0.3 is 31.3 Å². The second-order valence-corrected chi connectivity index (χ2v) is 10.3. The van der Waals surface area contributed by atoms with Crippen molar-refractivity contribution in [1.82, 2.24) is 0 Å². The zero-order valence-corrected chi connectivity index (χ0v) is 17.9. The van der Waals surface area contributed by atoms with Gasteiger partial charge in [-0.3, -0.25) is 23.4 Å². The maximum absolute atomic E-state index is 11.3. The third-order valence-corrected chi connectivity index (χ3v) is 5.45. The molecule has 19 nitrogen and oxygen atoms in total. The Hall–Kier alpha value is 0.320. The Labute approximate surface area is 166 Å². The SMILES string of the molecule is COC1C(OP(=O)(O)O)[C@@H](OP(=O)(O)O)C(OO)C(OP(=O)(O)O)[C@@H]1OP(=O)(O)O. The topological polar surface area (TPSA) is 306 Å². The van der Waals surface area contributed by atoms with E-state index in [2.05, 4.69) is 23.0 Å². The van der Waals surface area contributed by atoms with Crippen molar-refractivity contribution in [2.75, 3.05) is 7.11 Å². The van der Waals surface area contributed by atoms with Crippen molar-refractivity contribution in [3.8, 4) is 0 Å². The fraction of sp³-hybridized carbons (Fsp3) is 1.00. The molecule has 0 heterocycles. The van der Waals surface area contributed by atoms with Gasteiger partial charge in [-0.2, -0.15) is 0 Å². The van der Waals surface area contributed by atoms with Crippen molar-refractivity contribution in [1.29, 1.82) is 0 Å². The highest BCUT2D eigenvalue weighted by Gasteiger charge is 2.60. The molecule has 6 atom stereocenters. The summed E-state index contributed by atoms with van der Waals surface area (Å²) in [5.41, 5.74) is 0. The highest BCUT2D eigenvalue weighted by molar-refractivity contribution is 7.47. The standard InChI is InChI=1S/C7H18O19P4/c1-21-2-4(23-27(9,10)11)6(25-29(15,16)17)3(22-8)7(26-30(18,19)20)5(2)24-28(12,13)14/h2-8H,1H3,(H2,9,10,11)(H2,12,13,14)(H2,15,16,17)(H2,18,19,20)/t2?,3?,4-,5?,6?,7+/m1/s1. The number of hydrogen-bond donors (Lipinski definition) is 9. The molecular formula is C7H18O19P4. The number of methoxy groups -OCH3 is 1. The molecule has 30 heavy (non-hydrogen) atoms. The van der Waals surface area contributed by atoms with E-state index < -0.39 is 67.9 Å². The Morgan fingerprint density at radius 2 is 0.733 bits per heavy atom. The Kier molecular flexibility index (Phi) is 9.52. The molecule has 1 aliphatic rings. The van der Waals surface area contributed by atoms with Gasteiger partial charge in [-0.1, -0.05) is 0 Å². The molecule has 9 N–H and O–H groups in total. The molecule has 4 unspecified atom stereocenters. The third kappa shape index (κ3) is 9.05. The summed E-state index contributed by atoms with van der Waals surface area (Å²) in [6, 6.07) is 0. The van der Waals surface area contributed by atoms with Crippen LogP contribution in [0.3, 0.4) is 0 Å². The lowest BCUT2D eigenvalue weighted by Gasteiger charge is -2.47. The van der Waals surface area contributed by atoms with Gasteiger partial charge < -0.3 is 43.9 Å². The predicted molar refractivity (Wildman–Crippen MR) is 86.0 cm³/mol. The molecule has 0 spiro atoms. The van der Waals surface area contributed by atoms with Gasteiger partial charge in [-0.05, 0) is 0 Å². The van der Waals surface area contributed by atoms with Gasteiger partial charge in [0.1, 0.15) is 30.5 Å². The van der Waals surface area contributed by atoms with E-state index in [1.54, 1.807) is 0 Å². The minimum Gasteiger partial charge on any atom is -0.376 e. The van der Waals surface area contributed by atoms with Gasteiger partial charge in [0.2, 0.25) is 0 Å². The maximum Gasteiger partial charge on any atom is 0.470 e. The molecule has 0 bridgehead atoms. The first-order chi connectivity index (χ1) is 13.3. The van der Waals surface area contributed by atoms with E-state index in [0.29, 0.717) is 0 Å². The molecule has 0 radical (unpaired) electrons. The second-order valence-electron chi connectivity index (χ2n) is 5.51. The lowest BCUT2D eigenvalue weighted by Crippen LogP contribution is -2.66. The molecule has 0 aromatic carbocycles. The highest BCUT2D eigenvalue weighted by atomic mass is 31.2. The summed E-state index contributed by atoms with van der Waals surface area (Å²) in [6.07, 6.45) is -14.5. The summed E-state index contributed by atoms with van der Waals surface area (Å²) in [5.74, 6) is 0. The molecule has 1 aliphatic carbocycles. The molecule has 1 rings (SSSR count). The average Bonchev–Trinajstić information content (AvgIpc) is 2.46. The van der Waals surface area contributed by atoms with Gasteiger partial charge in [0, 0.05) is 7.11 Å². The van der Waals surface area contributed by atoms with E-state index in [1.165, 1.54) is 0 Å². The number of phosphoric acid groups is 4. The molecule has 0 amide bonds. The van der Waals surface area contributed by atoms with E-state index in [-0.39, 0.29) is 0 Å². The van der Waals surface area contributed by atoms with Crippen LogP contribution in [-0.2, 0) is 46.0 Å². The summed E-state index contributed by atoms with van der Waals surface area (Å²) in [4.78, 5) is 76.2. The summed E-state index contributed by atoms with van der Waals surface area (Å²) < 4.78 is 66.9. The minimum absolute atomic E-state index is 0.736. The zero-order valence-electron chi connectivity index (χ0n) is 14.4. The quantitative estimate of drug-likeness (QED) is 0.0821. The second kappa shape index (κ2) is 10.1. The Bertz CT molecular complexity index is 635. The lowest BCUT2D eigenvalue weighted by atomic mass is 9.85. The monoisotopic (exact) mass is 530 g/mol. The molecule has 0 aromatic rings. The van der Waals surface area contributed by atoms with Crippen LogP contribution in [0.5, 0.6) is 0 Å². The molecule has 1 saturated carbocycles. The Balaban J connectivity index is 3.66. The first-order valence-electron chi connectivity index (χ1n) is 7.07. The van der Waals surface area contributed by atoms with Gasteiger partial charge in [-0.15, -0.1) is 0 Å². The van der Waals surface area contributed by atoms with E-state index in [4.69, 9.17) is 49.1 Å². The van der Waals surface area contributed by atoms with Crippen molar-refractivity contribution in [3.63, 3.8) is 0 Å². The van der Waals surface area contributed by atoms with Crippen LogP contribution in [-0.4, -0.2) is 88.1 Å². The number of hydrogen-bond acceptors (Lipinski definition) is 11. The van der Waals surface area contributed by atoms with E-state index in [1.807, 2.05) is 0 Å². The first-order valence-corrected chi connectivity index (χ1v) is 13.2. The largest absolute Gasteiger partial charge is 0.470 e. The number of phosphoric ester groups is 4. The van der Waals surface area contributed by atoms with Crippen LogP contribution in [0.2, 0.25) is 0 Å². The average molecular weight is 530 g/mol. The van der Waals surface area contributed by atoms with Crippen molar-refractivity contribution in [3.05, 3.63) is 0 Å². The molecular weight excluding hydrogens is 512 g/mol. The molecule has 0 aliphatic heterocycles. The summed E-state index contributed by atoms with van der Waals surface area (Å²) >= 11 is 0. The fourth-order valence-corrected chi connectivity index (χ4v) is 4.85. The van der Waals surface area contributed by atoms with Crippen LogP contribution in [0, 0.1) is 0 Å². The van der Waals surface area contributed by atoms with Crippen LogP contribution in [0.15, 0.2) is 0 Å². The number of rotatable bonds is 10. The highest BCUT2D eigenvalue weighted by Crippen LogP contribution is 2.52. The van der Waals surface area contributed by atoms with E-state index in [9.17, 15) is 18.3 Å². The van der Waals surface area contributed by atoms with Gasteiger partial charge in [0.05, 0.1) is 0 Å². The molecule has 0 aromatic heterocycles. The van der Waals surface area contributed by atoms with Crippen LogP contribution < -0.4 is 0 Å². The van der Waals surface area contributed by atoms with Gasteiger partial charge in [-0.25, -0.2) is 23.1 Å². The number of ether oxygens (including phenoxy) is 1. The predicted octanol–water partition coefficient (Wildman–Crippen LogP) is -2.22. The van der Waals surface area contributed by atoms with E-state index >= 15 is 0 Å². The zero-order chi connectivity index (χ0) is 23.7. The Morgan fingerprint density at radius 3 is 0.900 bits per heavy atom. The van der Waals surface area contributed by atoms with Crippen molar-refractivity contribution in [2.24, 2.45) is 0 Å². The summed E-state index contributed by atoms with van der Waals surface area (Å²) in [7, 11) is -21.6. The van der Waals surface area contributed by atoms with E-state index in [0.717, 1.165) is 7.11 Å². The van der Waals surface area contributed by atoms with Crippen molar-refractivity contribution < 1.29 is 90.4 Å². The smallest absolute Gasteiger partial charge is 0.376 e. The van der Waals surface area contributed by atoms with Crippen molar-refractivity contribution >= 4 is 31.3 Å². The van der Waals surface area contributed by atoms with Crippen molar-refractivity contribution in [2.45, 2.75) is 36.6 Å². The van der Waals surface area contributed by atoms with Gasteiger partial charge in [0.15, 0.2) is 6.10 Å². The fourth-order valence-electron chi connectivity index (χ4n) is 2.62. The third-order valence-electron chi connectivity index (χ3n) is 3.37. The molecule has 23 heteroatoms. The van der Waals surface area contributed by atoms with Crippen LogP contribution >= 0.6 is 31.3 Å². The lowest BCUT2D eigenvalue weighted by molar-refractivity contribution is -0.342. The maximum atomic E-state index is 11.3. The summed E-state index contributed by atoms with van der Waals surface area (Å²) in [6.45, 7) is 0.